The van der Waals surface area contributed by atoms with Crippen LogP contribution >= 0.6 is 0 Å². The smallest absolute Gasteiger partial charge is 0.337 e. The number of esters is 2. The lowest BCUT2D eigenvalue weighted by Gasteiger charge is -2.36. The molecule has 0 aromatic heterocycles. The van der Waals surface area contributed by atoms with Crippen molar-refractivity contribution < 1.29 is 37.0 Å². The molecule has 0 aliphatic carbocycles. The number of nitrogens with one attached hydrogen (secondary N) is 1. The lowest BCUT2D eigenvalue weighted by molar-refractivity contribution is -0.126. The number of carbonyl (C=O) groups excluding carboxylic acids is 3. The SMILES string of the molecule is COCCNC(=O)[C@@H]1CC[C@@H](C)N(S(=O)(=O)c2cc(C(=O)OC)cc(C(=O)OC)c2)C1. The van der Waals surface area contributed by atoms with Gasteiger partial charge in [-0.2, -0.15) is 4.31 Å². The molecular formula is C20H28N2O8S. The number of methoxy groups -OCH3 is 3. The molecule has 2 atom stereocenters. The van der Waals surface area contributed by atoms with E-state index in [9.17, 15) is 22.8 Å². The number of piperidine rings is 1. The Morgan fingerprint density at radius 3 is 2.13 bits per heavy atom. The maximum atomic E-state index is 13.4. The lowest BCUT2D eigenvalue weighted by atomic mass is 9.95. The molecule has 1 fully saturated rings. The fourth-order valence-corrected chi connectivity index (χ4v) is 5.18. The highest BCUT2D eigenvalue weighted by molar-refractivity contribution is 7.89. The van der Waals surface area contributed by atoms with Crippen LogP contribution in [0.1, 0.15) is 40.5 Å². The molecule has 0 saturated carbocycles. The van der Waals surface area contributed by atoms with Crippen LogP contribution in [0.25, 0.3) is 0 Å². The van der Waals surface area contributed by atoms with Crippen molar-refractivity contribution in [1.29, 1.82) is 0 Å². The van der Waals surface area contributed by atoms with Crippen molar-refractivity contribution in [3.05, 3.63) is 29.3 Å². The van der Waals surface area contributed by atoms with Gasteiger partial charge in [-0.3, -0.25) is 4.79 Å². The molecule has 10 nitrogen and oxygen atoms in total. The maximum absolute atomic E-state index is 13.4. The van der Waals surface area contributed by atoms with E-state index in [1.54, 1.807) is 6.92 Å². The average molecular weight is 457 g/mol. The second-order valence-corrected chi connectivity index (χ2v) is 9.10. The molecule has 0 bridgehead atoms. The predicted octanol–water partition coefficient (Wildman–Crippen LogP) is 0.812. The van der Waals surface area contributed by atoms with Gasteiger partial charge in [0.05, 0.1) is 42.8 Å². The van der Waals surface area contributed by atoms with Crippen LogP contribution in [-0.2, 0) is 29.0 Å². The zero-order valence-corrected chi connectivity index (χ0v) is 18.9. The molecular weight excluding hydrogens is 428 g/mol. The molecule has 1 amide bonds. The number of ether oxygens (including phenoxy) is 3. The van der Waals surface area contributed by atoms with E-state index in [1.807, 2.05) is 0 Å². The molecule has 1 N–H and O–H groups in total. The first-order valence-electron chi connectivity index (χ1n) is 9.75. The molecule has 0 unspecified atom stereocenters. The number of benzene rings is 1. The summed E-state index contributed by atoms with van der Waals surface area (Å²) in [6.07, 6.45) is 1.03. The summed E-state index contributed by atoms with van der Waals surface area (Å²) in [6.45, 7) is 2.42. The van der Waals surface area contributed by atoms with E-state index in [4.69, 9.17) is 4.74 Å². The van der Waals surface area contributed by atoms with Crippen LogP contribution in [0.15, 0.2) is 23.1 Å². The first-order valence-corrected chi connectivity index (χ1v) is 11.2. The Morgan fingerprint density at radius 1 is 1.03 bits per heavy atom. The average Bonchev–Trinajstić information content (AvgIpc) is 2.77. The predicted molar refractivity (Wildman–Crippen MR) is 110 cm³/mol. The highest BCUT2D eigenvalue weighted by Crippen LogP contribution is 2.29. The topological polar surface area (TPSA) is 128 Å². The molecule has 172 valence electrons. The molecule has 1 saturated heterocycles. The summed E-state index contributed by atoms with van der Waals surface area (Å²) in [6, 6.07) is 3.16. The normalized spacial score (nSPS) is 19.5. The van der Waals surface area contributed by atoms with E-state index in [0.717, 1.165) is 26.4 Å². The van der Waals surface area contributed by atoms with E-state index in [0.29, 0.717) is 26.0 Å². The zero-order chi connectivity index (χ0) is 23.2. The van der Waals surface area contributed by atoms with Gasteiger partial charge in [-0.15, -0.1) is 0 Å². The van der Waals surface area contributed by atoms with E-state index in [2.05, 4.69) is 14.8 Å². The first kappa shape index (κ1) is 24.8. The van der Waals surface area contributed by atoms with Gasteiger partial charge in [0.25, 0.3) is 0 Å². The Hall–Kier alpha value is -2.50. The monoisotopic (exact) mass is 456 g/mol. The number of rotatable bonds is 8. The minimum Gasteiger partial charge on any atom is -0.465 e. The van der Waals surface area contributed by atoms with Crippen LogP contribution in [0.5, 0.6) is 0 Å². The van der Waals surface area contributed by atoms with Gasteiger partial charge in [-0.1, -0.05) is 0 Å². The zero-order valence-electron chi connectivity index (χ0n) is 18.0. The fraction of sp³-hybridized carbons (Fsp3) is 0.550. The van der Waals surface area contributed by atoms with Gasteiger partial charge in [0.1, 0.15) is 0 Å². The van der Waals surface area contributed by atoms with Gasteiger partial charge in [-0.25, -0.2) is 18.0 Å². The van der Waals surface area contributed by atoms with Crippen molar-refractivity contribution in [3.8, 4) is 0 Å². The van der Waals surface area contributed by atoms with Crippen LogP contribution in [0.4, 0.5) is 0 Å². The van der Waals surface area contributed by atoms with Crippen LogP contribution in [0, 0.1) is 5.92 Å². The summed E-state index contributed by atoms with van der Waals surface area (Å²) in [4.78, 5) is 36.2. The summed E-state index contributed by atoms with van der Waals surface area (Å²) < 4.78 is 42.3. The summed E-state index contributed by atoms with van der Waals surface area (Å²) in [5, 5.41) is 2.74. The minimum absolute atomic E-state index is 0.0156. The molecule has 0 spiro atoms. The third kappa shape index (κ3) is 5.81. The molecule has 0 radical (unpaired) electrons. The highest BCUT2D eigenvalue weighted by Gasteiger charge is 2.38. The Morgan fingerprint density at radius 2 is 1.61 bits per heavy atom. The summed E-state index contributed by atoms with van der Waals surface area (Å²) in [5.74, 6) is -2.34. The van der Waals surface area contributed by atoms with Crippen molar-refractivity contribution in [2.75, 3.05) is 41.0 Å². The third-order valence-corrected chi connectivity index (χ3v) is 7.11. The summed E-state index contributed by atoms with van der Waals surface area (Å²) >= 11 is 0. The number of carbonyl (C=O) groups is 3. The van der Waals surface area contributed by atoms with Crippen LogP contribution < -0.4 is 5.32 Å². The standard InChI is InChI=1S/C20H28N2O8S/c1-13-5-6-14(18(23)21-7-8-28-2)12-22(13)31(26,27)17-10-15(19(24)29-3)9-16(11-17)20(25)30-4/h9-11,13-14H,5-8,12H2,1-4H3,(H,21,23)/t13-,14-/m1/s1. The summed E-state index contributed by atoms with van der Waals surface area (Å²) in [7, 11) is -0.289. The molecule has 1 aromatic carbocycles. The van der Waals surface area contributed by atoms with Crippen molar-refractivity contribution >= 4 is 27.9 Å². The minimum atomic E-state index is -4.12. The third-order valence-electron chi connectivity index (χ3n) is 5.16. The van der Waals surface area contributed by atoms with Gasteiger partial charge in [0, 0.05) is 26.2 Å². The van der Waals surface area contributed by atoms with Gasteiger partial charge < -0.3 is 19.5 Å². The first-order chi connectivity index (χ1) is 14.6. The molecule has 11 heteroatoms. The second kappa shape index (κ2) is 10.7. The van der Waals surface area contributed by atoms with Gasteiger partial charge in [0.15, 0.2) is 0 Å². The van der Waals surface area contributed by atoms with Crippen LogP contribution in [-0.4, -0.2) is 77.6 Å². The number of amides is 1. The fourth-order valence-electron chi connectivity index (χ4n) is 3.40. The van der Waals surface area contributed by atoms with Crippen molar-refractivity contribution in [2.24, 2.45) is 5.92 Å². The largest absolute Gasteiger partial charge is 0.465 e. The quantitative estimate of drug-likeness (QED) is 0.450. The Labute approximate surface area is 181 Å². The van der Waals surface area contributed by atoms with E-state index < -0.39 is 27.9 Å². The maximum Gasteiger partial charge on any atom is 0.337 e. The molecule has 2 rings (SSSR count). The van der Waals surface area contributed by atoms with Gasteiger partial charge in [-0.05, 0) is 38.0 Å². The van der Waals surface area contributed by atoms with Crippen molar-refractivity contribution in [2.45, 2.75) is 30.7 Å². The number of nitrogens with zero attached hydrogens (tertiary/aromatic N) is 1. The summed E-state index contributed by atoms with van der Waals surface area (Å²) in [5.41, 5.74) is -0.190. The van der Waals surface area contributed by atoms with Gasteiger partial charge >= 0.3 is 11.9 Å². The van der Waals surface area contributed by atoms with E-state index in [1.165, 1.54) is 17.5 Å². The van der Waals surface area contributed by atoms with Crippen LogP contribution in [0.2, 0.25) is 0 Å². The van der Waals surface area contributed by atoms with Gasteiger partial charge in [0.2, 0.25) is 15.9 Å². The number of hydrogen-bond donors (Lipinski definition) is 1. The molecule has 1 aromatic rings. The Kier molecular flexibility index (Phi) is 8.54. The van der Waals surface area contributed by atoms with E-state index >= 15 is 0 Å². The van der Waals surface area contributed by atoms with Crippen molar-refractivity contribution in [1.82, 2.24) is 9.62 Å². The number of hydrogen-bond acceptors (Lipinski definition) is 8. The lowest BCUT2D eigenvalue weighted by Crippen LogP contribution is -2.49. The molecule has 1 heterocycles. The highest BCUT2D eigenvalue weighted by atomic mass is 32.2. The van der Waals surface area contributed by atoms with E-state index in [-0.39, 0.29) is 34.5 Å². The second-order valence-electron chi connectivity index (χ2n) is 7.21. The number of sulfonamides is 1. The van der Waals surface area contributed by atoms with Crippen LogP contribution in [0.3, 0.4) is 0 Å². The molecule has 1 aliphatic heterocycles. The van der Waals surface area contributed by atoms with Crippen molar-refractivity contribution in [3.63, 3.8) is 0 Å². The molecule has 31 heavy (non-hydrogen) atoms. The molecule has 1 aliphatic rings. The Bertz CT molecular complexity index is 897. The Balaban J connectivity index is 2.38.